The lowest BCUT2D eigenvalue weighted by molar-refractivity contribution is -0.136. The summed E-state index contributed by atoms with van der Waals surface area (Å²) < 4.78 is 31.3. The van der Waals surface area contributed by atoms with E-state index in [0.717, 1.165) is 5.56 Å². The number of nitrogens with one attached hydrogen (secondary N) is 9. The molecule has 4 aromatic rings. The highest BCUT2D eigenvalue weighted by atomic mass is 16.5. The number of phenols is 2. The van der Waals surface area contributed by atoms with Crippen molar-refractivity contribution in [1.82, 2.24) is 48.5 Å². The lowest BCUT2D eigenvalue weighted by Crippen LogP contribution is -2.48. The lowest BCUT2D eigenvalue weighted by Gasteiger charge is -2.25. The summed E-state index contributed by atoms with van der Waals surface area (Å²) in [7, 11) is 3.13. The number of hydrogen-bond donors (Lipinski definition) is 15. The van der Waals surface area contributed by atoms with Crippen LogP contribution >= 0.6 is 0 Å². The van der Waals surface area contributed by atoms with Gasteiger partial charge in [-0.15, -0.1) is 0 Å². The third-order valence-corrected chi connectivity index (χ3v) is 17.6. The van der Waals surface area contributed by atoms with Crippen molar-refractivity contribution in [2.24, 2.45) is 23.7 Å². The maximum absolute atomic E-state index is 14.1. The molecule has 35 heteroatoms. The minimum absolute atomic E-state index is 0. The Balaban J connectivity index is 0.00000211. The summed E-state index contributed by atoms with van der Waals surface area (Å²) in [4.78, 5) is 179. The fraction of sp³-hybridized carbons (Fsp3) is 0.548. The van der Waals surface area contributed by atoms with E-state index < -0.39 is 125 Å². The molecule has 0 bridgehead atoms. The quantitative estimate of drug-likeness (QED) is 0.0152. The average Bonchev–Trinajstić information content (AvgIpc) is 0.853. The number of carbonyl (C=O) groups excluding carboxylic acids is 14. The molecule has 0 saturated carbocycles. The SMILES string of the molecule is C.CCC.CCC(=O)NO.COCCOCCOCCCC(=O)[C@@H](C)NC(=O)[C@H](CCC(=O)NO)CC(=O)[C@@H](Cc1ccccc1)NC(=O)[C@@H](CC(C)=O)Cc1ccc(O)cc1.COCCOCCOCCNC(=O)[C@H](CCC(=O)NO)CC(=O)[C@@H](CCC(=O)NO)NC(=O)[C@H](CC(=O)[C@H](Cc1ccc(O)cc1)NC(C)=O)Cc1ccccc1. The van der Waals surface area contributed by atoms with E-state index in [4.69, 9.17) is 49.3 Å². The van der Waals surface area contributed by atoms with Crippen LogP contribution in [0.25, 0.3) is 0 Å². The maximum Gasteiger partial charge on any atom is 0.243 e. The number of amides is 9. The molecule has 0 heterocycles. The molecule has 0 spiro atoms. The number of methoxy groups -OCH3 is 2. The molecule has 119 heavy (non-hydrogen) atoms. The largest absolute Gasteiger partial charge is 0.508 e. The fourth-order valence-electron chi connectivity index (χ4n) is 11.3. The van der Waals surface area contributed by atoms with Gasteiger partial charge in [0.15, 0.2) is 23.1 Å². The molecule has 664 valence electrons. The zero-order valence-electron chi connectivity index (χ0n) is 68.9. The predicted octanol–water partition coefficient (Wildman–Crippen LogP) is 5.29. The highest BCUT2D eigenvalue weighted by Crippen LogP contribution is 2.23. The second kappa shape index (κ2) is 66.6. The first-order valence-corrected chi connectivity index (χ1v) is 39.2. The number of carbonyl (C=O) groups is 14. The molecule has 35 nitrogen and oxygen atoms in total. The second-order valence-electron chi connectivity index (χ2n) is 27.5. The Kier molecular flexibility index (Phi) is 60.8. The lowest BCUT2D eigenvalue weighted by atomic mass is 9.88. The van der Waals surface area contributed by atoms with E-state index in [0.29, 0.717) is 82.4 Å². The minimum atomic E-state index is -1.37. The third-order valence-electron chi connectivity index (χ3n) is 17.6. The first-order valence-electron chi connectivity index (χ1n) is 39.2. The van der Waals surface area contributed by atoms with Gasteiger partial charge in [0.05, 0.1) is 83.6 Å². The number of phenolic OH excluding ortho intramolecular Hbond substituents is 2. The van der Waals surface area contributed by atoms with Crippen LogP contribution in [0.5, 0.6) is 11.5 Å². The summed E-state index contributed by atoms with van der Waals surface area (Å²) in [5.74, 6) is -11.8. The van der Waals surface area contributed by atoms with Crippen LogP contribution in [0, 0.1) is 23.7 Å². The number of rotatable bonds is 57. The van der Waals surface area contributed by atoms with Crippen molar-refractivity contribution < 1.29 is 127 Å². The molecule has 0 saturated heterocycles. The fourth-order valence-corrected chi connectivity index (χ4v) is 11.3. The number of hydroxylamine groups is 4. The zero-order valence-corrected chi connectivity index (χ0v) is 68.9. The molecule has 8 atom stereocenters. The van der Waals surface area contributed by atoms with Gasteiger partial charge >= 0.3 is 0 Å². The second-order valence-corrected chi connectivity index (χ2v) is 27.5. The van der Waals surface area contributed by atoms with Gasteiger partial charge in [-0.3, -0.25) is 83.2 Å². The average molecular weight is 1680 g/mol. The molecule has 4 rings (SSSR count). The van der Waals surface area contributed by atoms with Gasteiger partial charge in [0, 0.05) is 116 Å². The zero-order chi connectivity index (χ0) is 88.0. The molecule has 9 amide bonds. The van der Waals surface area contributed by atoms with E-state index in [2.05, 4.69) is 40.4 Å². The van der Waals surface area contributed by atoms with Crippen molar-refractivity contribution >= 4 is 82.1 Å². The van der Waals surface area contributed by atoms with Gasteiger partial charge in [-0.1, -0.05) is 120 Å². The molecule has 15 N–H and O–H groups in total. The Hall–Kier alpha value is -10.3. The Bertz CT molecular complexity index is 3610. The minimum Gasteiger partial charge on any atom is -0.508 e. The van der Waals surface area contributed by atoms with Crippen LogP contribution in [0.1, 0.15) is 161 Å². The van der Waals surface area contributed by atoms with Gasteiger partial charge in [0.25, 0.3) is 0 Å². The van der Waals surface area contributed by atoms with Crippen LogP contribution in [0.3, 0.4) is 0 Å². The summed E-state index contributed by atoms with van der Waals surface area (Å²) in [5, 5.41) is 67.7. The summed E-state index contributed by atoms with van der Waals surface area (Å²) >= 11 is 0. The molecule has 0 aliphatic heterocycles. The summed E-state index contributed by atoms with van der Waals surface area (Å²) in [5.41, 5.74) is 8.75. The Morgan fingerprint density at radius 2 is 0.723 bits per heavy atom. The maximum atomic E-state index is 14.1. The molecule has 0 radical (unpaired) electrons. The molecule has 4 aromatic carbocycles. The van der Waals surface area contributed by atoms with Gasteiger partial charge in [0.1, 0.15) is 17.3 Å². The number of ether oxygens (including phenoxy) is 6. The van der Waals surface area contributed by atoms with Crippen LogP contribution < -0.4 is 48.5 Å². The normalized spacial score (nSPS) is 12.6. The van der Waals surface area contributed by atoms with Crippen LogP contribution in [-0.2, 0) is 121 Å². The van der Waals surface area contributed by atoms with Crippen molar-refractivity contribution in [1.29, 1.82) is 0 Å². The Morgan fingerprint density at radius 1 is 0.370 bits per heavy atom. The molecule has 0 aliphatic carbocycles. The van der Waals surface area contributed by atoms with Gasteiger partial charge in [-0.05, 0) is 112 Å². The molecular formula is C84H127N9O26. The van der Waals surface area contributed by atoms with Crippen molar-refractivity contribution in [2.45, 2.75) is 189 Å². The van der Waals surface area contributed by atoms with Crippen LogP contribution in [0.2, 0.25) is 0 Å². The van der Waals surface area contributed by atoms with Crippen molar-refractivity contribution in [2.75, 3.05) is 86.8 Å². The third kappa shape index (κ3) is 51.6. The summed E-state index contributed by atoms with van der Waals surface area (Å²) in [6, 6.07) is 25.7. The molecular weight excluding hydrogens is 1550 g/mol. The standard InChI is InChI=1S/C39H55N5O13.C38H53N3O11.C3H7NO2.C3H8.CH4/c1-26(45)41-33(23-28-8-11-31(46)12-9-28)35(48)25-30(22-27-6-4-3-5-7-27)39(52)42-32(13-15-37(50)44-54)34(47)24-29(10-14-36(49)43-53)38(51)40-16-17-56-20-21-57-19-18-55-2;1-26(42)22-31(23-29-11-14-32(43)15-12-29)38(48)40-33(24-28-8-5-4-6-9-28)35(45)25-30(13-16-36(46)41-49)37(47)39-27(2)34(44)10-7-17-51-20-21-52-19-18-50-3;1-2-3(5)4-6;1-3-2;/h3-9,11-12,29-30,32-33,46,53-54H,10,13-25H2,1-2H3,(H,40,51)(H,41,45)(H,42,52)(H,43,49)(H,44,50);4-6,8-9,11-12,14-15,27,30-31,33,43,49H,7,10,13,16-25H2,1-3H3,(H,39,47)(H,40,48)(H,41,46);6H,2H2,1H3,(H,4,5);3H2,1-2H3;1H4/t29-,30+,32-,33+;27-,30-,31+,33-;;;/m11.../s1. The number of aromatic hydroxyl groups is 2. The van der Waals surface area contributed by atoms with Gasteiger partial charge in [-0.2, -0.15) is 0 Å². The van der Waals surface area contributed by atoms with Crippen LogP contribution in [-0.4, -0.2) is 224 Å². The molecule has 0 unspecified atom stereocenters. The van der Waals surface area contributed by atoms with E-state index >= 15 is 0 Å². The smallest absolute Gasteiger partial charge is 0.243 e. The molecule has 0 aromatic heterocycles. The number of hydrogen-bond acceptors (Lipinski definition) is 26. The van der Waals surface area contributed by atoms with Crippen LogP contribution in [0.4, 0.5) is 0 Å². The molecule has 0 aliphatic rings. The van der Waals surface area contributed by atoms with E-state index in [1.165, 1.54) is 73.4 Å². The van der Waals surface area contributed by atoms with Gasteiger partial charge in [0.2, 0.25) is 53.2 Å². The van der Waals surface area contributed by atoms with Crippen LogP contribution in [0.15, 0.2) is 109 Å². The van der Waals surface area contributed by atoms with Crippen molar-refractivity contribution in [3.05, 3.63) is 131 Å². The van der Waals surface area contributed by atoms with Crippen molar-refractivity contribution in [3.63, 3.8) is 0 Å². The van der Waals surface area contributed by atoms with Gasteiger partial charge in [-0.25, -0.2) is 21.9 Å². The Labute approximate surface area is 696 Å². The highest BCUT2D eigenvalue weighted by molar-refractivity contribution is 5.97. The summed E-state index contributed by atoms with van der Waals surface area (Å²) in [6.07, 6.45) is -0.307. The monoisotopic (exact) mass is 1680 g/mol. The predicted molar refractivity (Wildman–Crippen MR) is 436 cm³/mol. The summed E-state index contributed by atoms with van der Waals surface area (Å²) in [6.45, 7) is 13.7. The molecule has 0 fully saturated rings. The highest BCUT2D eigenvalue weighted by Gasteiger charge is 2.35. The number of ketones is 5. The van der Waals surface area contributed by atoms with Crippen molar-refractivity contribution in [3.8, 4) is 11.5 Å². The number of Topliss-reactive ketones (excluding diaryl/α,β-unsaturated/α-hetero) is 5. The van der Waals surface area contributed by atoms with E-state index in [1.54, 1.807) is 100 Å². The van der Waals surface area contributed by atoms with E-state index in [-0.39, 0.29) is 140 Å². The van der Waals surface area contributed by atoms with E-state index in [1.807, 2.05) is 6.07 Å². The van der Waals surface area contributed by atoms with E-state index in [9.17, 15) is 77.3 Å². The first kappa shape index (κ1) is 109. The first-order chi connectivity index (χ1) is 56.5. The van der Waals surface area contributed by atoms with Gasteiger partial charge < -0.3 is 70.0 Å². The number of benzene rings is 4. The topological polar surface area (TPSA) is 524 Å². The Morgan fingerprint density at radius 3 is 1.14 bits per heavy atom.